The number of nitrogens with zero attached hydrogens (tertiary/aromatic N) is 3. The van der Waals surface area contributed by atoms with E-state index >= 15 is 0 Å². The first-order valence-corrected chi connectivity index (χ1v) is 10.9. The number of nitriles is 1. The fraction of sp³-hybridized carbons (Fsp3) is 0.273. The summed E-state index contributed by atoms with van der Waals surface area (Å²) in [6, 6.07) is 14.6. The van der Waals surface area contributed by atoms with E-state index in [1.54, 1.807) is 18.2 Å². The second-order valence-corrected chi connectivity index (χ2v) is 8.20. The Morgan fingerprint density at radius 3 is 2.70 bits per heavy atom. The van der Waals surface area contributed by atoms with Crippen molar-refractivity contribution in [3.8, 4) is 11.8 Å². The predicted octanol–water partition coefficient (Wildman–Crippen LogP) is 4.28. The third-order valence-corrected chi connectivity index (χ3v) is 6.00. The zero-order valence-corrected chi connectivity index (χ0v) is 18.3. The molecule has 0 spiro atoms. The first kappa shape index (κ1) is 21.9. The molecule has 154 valence electrons. The summed E-state index contributed by atoms with van der Waals surface area (Å²) < 4.78 is 1.51. The smallest absolute Gasteiger partial charge is 0.266 e. The number of halogens is 1. The molecule has 0 aliphatic heterocycles. The average Bonchev–Trinajstić information content (AvgIpc) is 2.75. The van der Waals surface area contributed by atoms with Crippen molar-refractivity contribution in [2.24, 2.45) is 0 Å². The molecule has 3 aromatic rings. The van der Waals surface area contributed by atoms with Gasteiger partial charge in [-0.25, -0.2) is 4.98 Å². The van der Waals surface area contributed by atoms with E-state index in [0.717, 1.165) is 18.2 Å². The Kier molecular flexibility index (Phi) is 7.14. The van der Waals surface area contributed by atoms with Crippen molar-refractivity contribution >= 4 is 40.2 Å². The van der Waals surface area contributed by atoms with Crippen molar-refractivity contribution < 1.29 is 4.79 Å². The van der Waals surface area contributed by atoms with Gasteiger partial charge in [-0.05, 0) is 48.2 Å². The van der Waals surface area contributed by atoms with Crippen LogP contribution in [0.25, 0.3) is 16.6 Å². The summed E-state index contributed by atoms with van der Waals surface area (Å²) in [5.41, 5.74) is 2.11. The van der Waals surface area contributed by atoms with E-state index < -0.39 is 0 Å². The van der Waals surface area contributed by atoms with Crippen LogP contribution in [0.5, 0.6) is 0 Å². The number of carbonyl (C=O) groups is 1. The molecule has 1 N–H and O–H groups in total. The minimum atomic E-state index is -0.305. The van der Waals surface area contributed by atoms with Crippen LogP contribution in [0, 0.1) is 11.3 Å². The van der Waals surface area contributed by atoms with E-state index in [0.29, 0.717) is 32.7 Å². The van der Waals surface area contributed by atoms with Gasteiger partial charge in [0.1, 0.15) is 6.54 Å². The van der Waals surface area contributed by atoms with Crippen LogP contribution < -0.4 is 10.9 Å². The molecule has 1 aromatic heterocycles. The van der Waals surface area contributed by atoms with Crippen LogP contribution in [0.15, 0.2) is 52.4 Å². The molecule has 2 aromatic carbocycles. The summed E-state index contributed by atoms with van der Waals surface area (Å²) in [5, 5.41) is 12.4. The summed E-state index contributed by atoms with van der Waals surface area (Å²) >= 11 is 7.21. The Hall–Kier alpha value is -2.82. The first-order valence-electron chi connectivity index (χ1n) is 9.53. The second kappa shape index (κ2) is 9.79. The molecule has 1 atom stereocenters. The van der Waals surface area contributed by atoms with Crippen LogP contribution in [-0.2, 0) is 4.79 Å². The zero-order chi connectivity index (χ0) is 21.7. The molecule has 0 fully saturated rings. The number of carbonyl (C=O) groups excluding carboxylic acids is 1. The lowest BCUT2D eigenvalue weighted by atomic mass is 9.98. The molecule has 6 nitrogen and oxygen atoms in total. The van der Waals surface area contributed by atoms with E-state index in [2.05, 4.69) is 24.1 Å². The highest BCUT2D eigenvalue weighted by atomic mass is 35.5. The van der Waals surface area contributed by atoms with Crippen LogP contribution in [0.4, 0.5) is 0 Å². The molecule has 0 bridgehead atoms. The van der Waals surface area contributed by atoms with E-state index in [4.69, 9.17) is 16.9 Å². The Balaban J connectivity index is 2.07. The molecule has 0 aliphatic rings. The van der Waals surface area contributed by atoms with Gasteiger partial charge in [0.15, 0.2) is 5.16 Å². The van der Waals surface area contributed by atoms with Crippen LogP contribution in [-0.4, -0.2) is 27.8 Å². The summed E-state index contributed by atoms with van der Waals surface area (Å²) in [5.74, 6) is 0.150. The highest BCUT2D eigenvalue weighted by Crippen LogP contribution is 2.25. The van der Waals surface area contributed by atoms with E-state index in [9.17, 15) is 9.59 Å². The molecule has 0 saturated carbocycles. The minimum absolute atomic E-state index is 0.0329. The molecule has 30 heavy (non-hydrogen) atoms. The quantitative estimate of drug-likeness (QED) is 0.336. The molecule has 0 radical (unpaired) electrons. The summed E-state index contributed by atoms with van der Waals surface area (Å²) in [6.07, 6.45) is 1.02. The van der Waals surface area contributed by atoms with Crippen molar-refractivity contribution in [1.82, 2.24) is 14.9 Å². The van der Waals surface area contributed by atoms with E-state index in [1.807, 2.05) is 30.3 Å². The van der Waals surface area contributed by atoms with Gasteiger partial charge in [-0.3, -0.25) is 14.2 Å². The maximum absolute atomic E-state index is 13.3. The molecule has 3 rings (SSSR count). The molecular formula is C22H21ClN4O2S. The molecule has 1 amide bonds. The van der Waals surface area contributed by atoms with Gasteiger partial charge < -0.3 is 5.32 Å². The monoisotopic (exact) mass is 440 g/mol. The number of benzene rings is 2. The van der Waals surface area contributed by atoms with Gasteiger partial charge in [0, 0.05) is 5.02 Å². The van der Waals surface area contributed by atoms with Crippen LogP contribution in [0.3, 0.4) is 0 Å². The zero-order valence-electron chi connectivity index (χ0n) is 16.7. The molecule has 8 heteroatoms. The van der Waals surface area contributed by atoms with Crippen molar-refractivity contribution in [2.45, 2.75) is 31.3 Å². The van der Waals surface area contributed by atoms with Gasteiger partial charge >= 0.3 is 0 Å². The number of amides is 1. The Morgan fingerprint density at radius 1 is 1.30 bits per heavy atom. The number of rotatable bonds is 7. The lowest BCUT2D eigenvalue weighted by Crippen LogP contribution is -2.26. The number of nitrogens with one attached hydrogen (secondary N) is 1. The highest BCUT2D eigenvalue weighted by molar-refractivity contribution is 7.99. The summed E-state index contributed by atoms with van der Waals surface area (Å²) in [6.45, 7) is 4.22. The van der Waals surface area contributed by atoms with Gasteiger partial charge in [0.2, 0.25) is 5.91 Å². The fourth-order valence-corrected chi connectivity index (χ4v) is 3.98. The van der Waals surface area contributed by atoms with Gasteiger partial charge in [0.25, 0.3) is 5.56 Å². The normalized spacial score (nSPS) is 11.8. The average molecular weight is 441 g/mol. The molecule has 0 saturated heterocycles. The Morgan fingerprint density at radius 2 is 2.03 bits per heavy atom. The lowest BCUT2D eigenvalue weighted by molar-refractivity contribution is -0.118. The number of aromatic nitrogens is 2. The molecule has 0 aliphatic carbocycles. The van der Waals surface area contributed by atoms with E-state index in [-0.39, 0.29) is 23.8 Å². The van der Waals surface area contributed by atoms with Crippen LogP contribution in [0.2, 0.25) is 5.02 Å². The fourth-order valence-electron chi connectivity index (χ4n) is 2.97. The van der Waals surface area contributed by atoms with Crippen molar-refractivity contribution in [2.75, 3.05) is 12.3 Å². The summed E-state index contributed by atoms with van der Waals surface area (Å²) in [4.78, 5) is 29.8. The number of hydrogen-bond acceptors (Lipinski definition) is 5. The summed E-state index contributed by atoms with van der Waals surface area (Å²) in [7, 11) is 0. The van der Waals surface area contributed by atoms with Gasteiger partial charge in [-0.2, -0.15) is 5.26 Å². The third-order valence-electron chi connectivity index (χ3n) is 4.83. The second-order valence-electron chi connectivity index (χ2n) is 6.82. The first-order chi connectivity index (χ1) is 14.4. The Labute approximate surface area is 183 Å². The van der Waals surface area contributed by atoms with Crippen LogP contribution >= 0.6 is 23.4 Å². The maximum atomic E-state index is 13.3. The molecule has 1 unspecified atom stereocenters. The largest absolute Gasteiger partial charge is 0.342 e. The number of thioether (sulfide) groups is 1. The van der Waals surface area contributed by atoms with Crippen molar-refractivity contribution in [1.29, 1.82) is 5.26 Å². The van der Waals surface area contributed by atoms with E-state index in [1.165, 1.54) is 10.1 Å². The SMILES string of the molecule is CCC(C)c1ccc(-n2c(SCC(=O)NCC#N)nc3cc(Cl)ccc3c2=O)cc1. The lowest BCUT2D eigenvalue weighted by Gasteiger charge is -2.15. The highest BCUT2D eigenvalue weighted by Gasteiger charge is 2.15. The van der Waals surface area contributed by atoms with Crippen LogP contribution in [0.1, 0.15) is 31.7 Å². The number of hydrogen-bond donors (Lipinski definition) is 1. The topological polar surface area (TPSA) is 87.8 Å². The number of fused-ring (bicyclic) bond motifs is 1. The predicted molar refractivity (Wildman–Crippen MR) is 120 cm³/mol. The standard InChI is InChI=1S/C22H21ClN4O2S/c1-3-14(2)15-4-7-17(8-5-15)27-21(29)18-9-6-16(23)12-19(18)26-22(27)30-13-20(28)25-11-10-24/h4-9,12,14H,3,11,13H2,1-2H3,(H,25,28). The maximum Gasteiger partial charge on any atom is 0.266 e. The molecule has 1 heterocycles. The molecular weight excluding hydrogens is 420 g/mol. The van der Waals surface area contributed by atoms with Gasteiger partial charge in [-0.15, -0.1) is 0 Å². The Bertz CT molecular complexity index is 1170. The third kappa shape index (κ3) is 4.84. The van der Waals surface area contributed by atoms with Gasteiger partial charge in [-0.1, -0.05) is 49.3 Å². The van der Waals surface area contributed by atoms with Crippen molar-refractivity contribution in [3.63, 3.8) is 0 Å². The van der Waals surface area contributed by atoms with Crippen molar-refractivity contribution in [3.05, 3.63) is 63.4 Å². The van der Waals surface area contributed by atoms with Gasteiger partial charge in [0.05, 0.1) is 28.4 Å². The minimum Gasteiger partial charge on any atom is -0.342 e.